The van der Waals surface area contributed by atoms with E-state index in [2.05, 4.69) is 4.98 Å². The molecule has 0 radical (unpaired) electrons. The van der Waals surface area contributed by atoms with Gasteiger partial charge in [-0.15, -0.1) is 0 Å². The Kier molecular flexibility index (Phi) is 3.55. The van der Waals surface area contributed by atoms with E-state index in [1.807, 2.05) is 38.2 Å². The van der Waals surface area contributed by atoms with Crippen molar-refractivity contribution in [3.8, 4) is 0 Å². The number of benzene rings is 1. The van der Waals surface area contributed by atoms with Gasteiger partial charge in [0, 0.05) is 26.0 Å². The molecule has 0 aliphatic heterocycles. The molecule has 1 unspecified atom stereocenters. The van der Waals surface area contributed by atoms with Crippen molar-refractivity contribution < 1.29 is 4.79 Å². The molecule has 2 aromatic rings. The summed E-state index contributed by atoms with van der Waals surface area (Å²) in [6.45, 7) is 1.97. The maximum Gasteiger partial charge on any atom is 0.274 e. The summed E-state index contributed by atoms with van der Waals surface area (Å²) in [6, 6.07) is 7.51. The average Bonchev–Trinajstić information content (AvgIpc) is 2.83. The number of hydrogen-bond acceptors (Lipinski definition) is 3. The molecular weight excluding hydrogens is 240 g/mol. The molecule has 0 spiro atoms. The molecule has 0 saturated heterocycles. The molecular formula is C14H18N4O. The van der Waals surface area contributed by atoms with Crippen molar-refractivity contribution in [1.82, 2.24) is 14.5 Å². The van der Waals surface area contributed by atoms with Gasteiger partial charge in [0.15, 0.2) is 0 Å². The van der Waals surface area contributed by atoms with E-state index in [-0.39, 0.29) is 11.9 Å². The summed E-state index contributed by atoms with van der Waals surface area (Å²) in [7, 11) is 3.61. The van der Waals surface area contributed by atoms with Gasteiger partial charge in [-0.3, -0.25) is 4.79 Å². The molecule has 2 rings (SSSR count). The second-order valence-corrected chi connectivity index (χ2v) is 4.69. The van der Waals surface area contributed by atoms with E-state index in [1.165, 1.54) is 0 Å². The molecule has 0 fully saturated rings. The minimum Gasteiger partial charge on any atom is -0.399 e. The minimum absolute atomic E-state index is 0.0574. The van der Waals surface area contributed by atoms with Gasteiger partial charge in [0.1, 0.15) is 5.69 Å². The molecule has 2 N–H and O–H groups in total. The van der Waals surface area contributed by atoms with Crippen LogP contribution in [0.3, 0.4) is 0 Å². The van der Waals surface area contributed by atoms with Gasteiger partial charge >= 0.3 is 0 Å². The van der Waals surface area contributed by atoms with Crippen LogP contribution in [0.4, 0.5) is 5.69 Å². The van der Waals surface area contributed by atoms with E-state index in [1.54, 1.807) is 29.0 Å². The summed E-state index contributed by atoms with van der Waals surface area (Å²) in [5.74, 6) is -0.101. The van der Waals surface area contributed by atoms with Crippen LogP contribution in [0.25, 0.3) is 0 Å². The fraction of sp³-hybridized carbons (Fsp3) is 0.286. The zero-order valence-corrected chi connectivity index (χ0v) is 11.4. The molecule has 5 nitrogen and oxygen atoms in total. The van der Waals surface area contributed by atoms with E-state index in [9.17, 15) is 4.79 Å². The van der Waals surface area contributed by atoms with Gasteiger partial charge in [-0.2, -0.15) is 0 Å². The molecule has 0 aliphatic rings. The number of hydrogen-bond donors (Lipinski definition) is 1. The van der Waals surface area contributed by atoms with Crippen molar-refractivity contribution in [3.63, 3.8) is 0 Å². The largest absolute Gasteiger partial charge is 0.399 e. The van der Waals surface area contributed by atoms with Crippen LogP contribution in [-0.2, 0) is 7.05 Å². The molecule has 1 atom stereocenters. The highest BCUT2D eigenvalue weighted by Crippen LogP contribution is 2.21. The van der Waals surface area contributed by atoms with Gasteiger partial charge in [0.2, 0.25) is 0 Å². The van der Waals surface area contributed by atoms with Crippen LogP contribution in [0.1, 0.15) is 29.0 Å². The predicted octanol–water partition coefficient (Wildman–Crippen LogP) is 1.84. The summed E-state index contributed by atoms with van der Waals surface area (Å²) in [5, 5.41) is 0. The second kappa shape index (κ2) is 5.14. The van der Waals surface area contributed by atoms with Crippen molar-refractivity contribution in [1.29, 1.82) is 0 Å². The fourth-order valence-corrected chi connectivity index (χ4v) is 1.92. The topological polar surface area (TPSA) is 64.2 Å². The number of aromatic nitrogens is 2. The molecule has 5 heteroatoms. The summed E-state index contributed by atoms with van der Waals surface area (Å²) < 4.78 is 1.76. The highest BCUT2D eigenvalue weighted by molar-refractivity contribution is 5.92. The van der Waals surface area contributed by atoms with Crippen molar-refractivity contribution in [3.05, 3.63) is 48.0 Å². The number of imidazole rings is 1. The molecule has 1 aromatic heterocycles. The Morgan fingerprint density at radius 3 is 2.79 bits per heavy atom. The molecule has 19 heavy (non-hydrogen) atoms. The molecule has 1 aromatic carbocycles. The molecule has 0 saturated carbocycles. The third kappa shape index (κ3) is 2.76. The second-order valence-electron chi connectivity index (χ2n) is 4.69. The third-order valence-corrected chi connectivity index (χ3v) is 3.22. The van der Waals surface area contributed by atoms with E-state index >= 15 is 0 Å². The number of nitrogens with two attached hydrogens (primary N) is 1. The van der Waals surface area contributed by atoms with Crippen LogP contribution in [0.15, 0.2) is 36.8 Å². The number of nitrogens with zero attached hydrogens (tertiary/aromatic N) is 3. The zero-order valence-electron chi connectivity index (χ0n) is 11.4. The Morgan fingerprint density at radius 1 is 1.47 bits per heavy atom. The van der Waals surface area contributed by atoms with Crippen LogP contribution in [0.5, 0.6) is 0 Å². The Bertz CT molecular complexity index is 591. The molecule has 0 aliphatic carbocycles. The molecule has 0 bridgehead atoms. The van der Waals surface area contributed by atoms with E-state index in [0.717, 1.165) is 5.56 Å². The quantitative estimate of drug-likeness (QED) is 0.854. The van der Waals surface area contributed by atoms with Crippen LogP contribution in [0, 0.1) is 0 Å². The number of carbonyl (C=O) groups is 1. The van der Waals surface area contributed by atoms with Crippen LogP contribution < -0.4 is 5.73 Å². The number of carbonyl (C=O) groups excluding carboxylic acids is 1. The van der Waals surface area contributed by atoms with E-state index in [4.69, 9.17) is 5.73 Å². The van der Waals surface area contributed by atoms with Crippen molar-refractivity contribution in [2.24, 2.45) is 7.05 Å². The zero-order chi connectivity index (χ0) is 14.0. The lowest BCUT2D eigenvalue weighted by molar-refractivity contribution is 0.0737. The molecule has 1 heterocycles. The Balaban J connectivity index is 2.19. The lowest BCUT2D eigenvalue weighted by Gasteiger charge is -2.24. The number of aryl methyl sites for hydroxylation is 1. The van der Waals surface area contributed by atoms with Crippen molar-refractivity contribution >= 4 is 11.6 Å². The first-order valence-corrected chi connectivity index (χ1v) is 6.09. The van der Waals surface area contributed by atoms with Gasteiger partial charge in [0.05, 0.1) is 12.4 Å². The van der Waals surface area contributed by atoms with E-state index < -0.39 is 0 Å². The van der Waals surface area contributed by atoms with Crippen LogP contribution in [0.2, 0.25) is 0 Å². The van der Waals surface area contributed by atoms with Gasteiger partial charge in [0.25, 0.3) is 5.91 Å². The van der Waals surface area contributed by atoms with Gasteiger partial charge in [-0.1, -0.05) is 12.1 Å². The smallest absolute Gasteiger partial charge is 0.274 e. The first kappa shape index (κ1) is 13.1. The predicted molar refractivity (Wildman–Crippen MR) is 74.6 cm³/mol. The highest BCUT2D eigenvalue weighted by Gasteiger charge is 2.20. The average molecular weight is 258 g/mol. The van der Waals surface area contributed by atoms with Crippen LogP contribution >= 0.6 is 0 Å². The van der Waals surface area contributed by atoms with Crippen molar-refractivity contribution in [2.45, 2.75) is 13.0 Å². The number of anilines is 1. The summed E-state index contributed by atoms with van der Waals surface area (Å²) >= 11 is 0. The highest BCUT2D eigenvalue weighted by atomic mass is 16.2. The first-order valence-electron chi connectivity index (χ1n) is 6.09. The van der Waals surface area contributed by atoms with Crippen molar-refractivity contribution in [2.75, 3.05) is 12.8 Å². The summed E-state index contributed by atoms with van der Waals surface area (Å²) in [4.78, 5) is 18.0. The Hall–Kier alpha value is -2.30. The Labute approximate surface area is 112 Å². The SMILES string of the molecule is CC(c1cccc(N)c1)N(C)C(=O)c1cn(C)cn1. The van der Waals surface area contributed by atoms with E-state index in [0.29, 0.717) is 11.4 Å². The monoisotopic (exact) mass is 258 g/mol. The number of rotatable bonds is 3. The van der Waals surface area contributed by atoms with Gasteiger partial charge in [-0.25, -0.2) is 4.98 Å². The minimum atomic E-state index is -0.101. The lowest BCUT2D eigenvalue weighted by Crippen LogP contribution is -2.30. The summed E-state index contributed by atoms with van der Waals surface area (Å²) in [5.41, 5.74) is 7.92. The fourth-order valence-electron chi connectivity index (χ4n) is 1.92. The Morgan fingerprint density at radius 2 is 2.21 bits per heavy atom. The molecule has 100 valence electrons. The van der Waals surface area contributed by atoms with Gasteiger partial charge < -0.3 is 15.2 Å². The maximum atomic E-state index is 12.3. The molecule has 1 amide bonds. The lowest BCUT2D eigenvalue weighted by atomic mass is 10.1. The third-order valence-electron chi connectivity index (χ3n) is 3.22. The first-order chi connectivity index (χ1) is 8.99. The maximum absolute atomic E-state index is 12.3. The number of amides is 1. The van der Waals surface area contributed by atoms with Gasteiger partial charge in [-0.05, 0) is 24.6 Å². The number of nitrogen functional groups attached to an aromatic ring is 1. The standard InChI is InChI=1S/C14H18N4O/c1-10(11-5-4-6-12(15)7-11)18(3)14(19)13-8-17(2)9-16-13/h4-10H,15H2,1-3H3. The summed E-state index contributed by atoms with van der Waals surface area (Å²) in [6.07, 6.45) is 3.33. The normalized spacial score (nSPS) is 12.2. The van der Waals surface area contributed by atoms with Crippen LogP contribution in [-0.4, -0.2) is 27.4 Å².